The van der Waals surface area contributed by atoms with Crippen LogP contribution in [0.15, 0.2) is 0 Å². The molecule has 0 bridgehead atoms. The number of hydrogen-bond donors (Lipinski definition) is 1. The molecule has 0 saturated heterocycles. The molecule has 0 radical (unpaired) electrons. The van der Waals surface area contributed by atoms with Crippen molar-refractivity contribution in [1.82, 2.24) is 0 Å². The minimum Gasteiger partial charge on any atom is -0.438 e. The molecule has 0 aromatic heterocycles. The summed E-state index contributed by atoms with van der Waals surface area (Å²) in [5.41, 5.74) is 0. The monoisotopic (exact) mass is 162 g/mol. The second kappa shape index (κ2) is 4.96. The number of carbonyl (C=O) groups is 1. The van der Waals surface area contributed by atoms with Crippen LogP contribution in [0.5, 0.6) is 0 Å². The summed E-state index contributed by atoms with van der Waals surface area (Å²) in [5, 5.41) is 8.88. The summed E-state index contributed by atoms with van der Waals surface area (Å²) < 4.78 is 8.95. The van der Waals surface area contributed by atoms with Gasteiger partial charge in [0.2, 0.25) is 0 Å². The Kier molecular flexibility index (Phi) is 4.61. The van der Waals surface area contributed by atoms with Crippen molar-refractivity contribution in [2.45, 2.75) is 32.5 Å². The maximum atomic E-state index is 10.5. The van der Waals surface area contributed by atoms with E-state index in [9.17, 15) is 4.79 Å². The van der Waals surface area contributed by atoms with E-state index in [0.29, 0.717) is 6.42 Å². The number of ether oxygens (including phenoxy) is 2. The largest absolute Gasteiger partial charge is 0.508 e. The normalized spacial score (nSPS) is 15.3. The predicted octanol–water partition coefficient (Wildman–Crippen LogP) is 0.929. The van der Waals surface area contributed by atoms with Gasteiger partial charge in [0.05, 0.1) is 13.2 Å². The van der Waals surface area contributed by atoms with Crippen molar-refractivity contribution >= 4 is 6.16 Å². The van der Waals surface area contributed by atoms with Crippen LogP contribution in [-0.2, 0) is 9.47 Å². The van der Waals surface area contributed by atoms with E-state index in [2.05, 4.69) is 9.47 Å². The molecular weight excluding hydrogens is 148 g/mol. The topological polar surface area (TPSA) is 55.8 Å². The van der Waals surface area contributed by atoms with Crippen LogP contribution in [0.3, 0.4) is 0 Å². The summed E-state index contributed by atoms with van der Waals surface area (Å²) >= 11 is 0. The van der Waals surface area contributed by atoms with Crippen molar-refractivity contribution in [3.63, 3.8) is 0 Å². The Morgan fingerprint density at radius 2 is 2.09 bits per heavy atom. The van der Waals surface area contributed by atoms with Gasteiger partial charge in [-0.2, -0.15) is 0 Å². The van der Waals surface area contributed by atoms with Crippen LogP contribution in [0.1, 0.15) is 20.3 Å². The SMILES string of the molecule is COC(=O)O[C@@H](C)C[C@H](C)O. The molecule has 4 nitrogen and oxygen atoms in total. The first-order chi connectivity index (χ1) is 5.06. The van der Waals surface area contributed by atoms with E-state index < -0.39 is 12.3 Å². The van der Waals surface area contributed by atoms with E-state index in [4.69, 9.17) is 5.11 Å². The Balaban J connectivity index is 3.51. The molecule has 0 unspecified atom stereocenters. The van der Waals surface area contributed by atoms with Gasteiger partial charge in [-0.25, -0.2) is 4.79 Å². The van der Waals surface area contributed by atoms with Crippen molar-refractivity contribution in [3.8, 4) is 0 Å². The molecule has 0 spiro atoms. The Hall–Kier alpha value is -0.770. The first-order valence-electron chi connectivity index (χ1n) is 3.49. The second-order valence-electron chi connectivity index (χ2n) is 2.47. The minimum atomic E-state index is -0.710. The zero-order valence-electron chi connectivity index (χ0n) is 7.03. The molecule has 2 atom stereocenters. The number of methoxy groups -OCH3 is 1. The highest BCUT2D eigenvalue weighted by atomic mass is 16.7. The third kappa shape index (κ3) is 5.66. The summed E-state index contributed by atoms with van der Waals surface area (Å²) in [6.45, 7) is 3.33. The molecule has 0 aromatic rings. The summed E-state index contributed by atoms with van der Waals surface area (Å²) in [7, 11) is 1.25. The standard InChI is InChI=1S/C7H14O4/c1-5(8)4-6(2)11-7(9)10-3/h5-6,8H,4H2,1-3H3/t5-,6-/m0/s1. The summed E-state index contributed by atoms with van der Waals surface area (Å²) in [6.07, 6.45) is -1.05. The van der Waals surface area contributed by atoms with Crippen molar-refractivity contribution in [3.05, 3.63) is 0 Å². The summed E-state index contributed by atoms with van der Waals surface area (Å²) in [5.74, 6) is 0. The van der Waals surface area contributed by atoms with E-state index in [-0.39, 0.29) is 6.10 Å². The zero-order chi connectivity index (χ0) is 8.85. The Morgan fingerprint density at radius 1 is 1.55 bits per heavy atom. The minimum absolute atomic E-state index is 0.303. The van der Waals surface area contributed by atoms with Crippen molar-refractivity contribution in [2.75, 3.05) is 7.11 Å². The van der Waals surface area contributed by atoms with Gasteiger partial charge in [-0.1, -0.05) is 0 Å². The van der Waals surface area contributed by atoms with Gasteiger partial charge in [-0.15, -0.1) is 0 Å². The molecule has 0 aliphatic carbocycles. The first-order valence-corrected chi connectivity index (χ1v) is 3.49. The van der Waals surface area contributed by atoms with Crippen LogP contribution in [0.25, 0.3) is 0 Å². The Labute approximate surface area is 66.1 Å². The lowest BCUT2D eigenvalue weighted by Crippen LogP contribution is -2.19. The second-order valence-corrected chi connectivity index (χ2v) is 2.47. The molecule has 0 heterocycles. The zero-order valence-corrected chi connectivity index (χ0v) is 7.03. The predicted molar refractivity (Wildman–Crippen MR) is 39.2 cm³/mol. The van der Waals surface area contributed by atoms with Crippen LogP contribution in [0, 0.1) is 0 Å². The molecule has 4 heteroatoms. The molecule has 0 rings (SSSR count). The molecule has 0 aromatic carbocycles. The summed E-state index contributed by atoms with van der Waals surface area (Å²) in [6, 6.07) is 0. The molecule has 11 heavy (non-hydrogen) atoms. The van der Waals surface area contributed by atoms with Gasteiger partial charge in [0, 0.05) is 6.42 Å². The van der Waals surface area contributed by atoms with Crippen LogP contribution in [-0.4, -0.2) is 30.6 Å². The number of carbonyl (C=O) groups excluding carboxylic acids is 1. The van der Waals surface area contributed by atoms with Crippen LogP contribution in [0.2, 0.25) is 0 Å². The molecule has 0 fully saturated rings. The van der Waals surface area contributed by atoms with Gasteiger partial charge in [-0.3, -0.25) is 0 Å². The molecule has 0 amide bonds. The van der Waals surface area contributed by atoms with Crippen LogP contribution < -0.4 is 0 Å². The molecule has 0 saturated carbocycles. The maximum absolute atomic E-state index is 10.5. The molecule has 0 aliphatic heterocycles. The van der Waals surface area contributed by atoms with Crippen molar-refractivity contribution in [2.24, 2.45) is 0 Å². The lowest BCUT2D eigenvalue weighted by atomic mass is 10.2. The fraction of sp³-hybridized carbons (Fsp3) is 0.857. The smallest absolute Gasteiger partial charge is 0.438 e. The highest BCUT2D eigenvalue weighted by Gasteiger charge is 2.10. The van der Waals surface area contributed by atoms with Crippen LogP contribution >= 0.6 is 0 Å². The lowest BCUT2D eigenvalue weighted by Gasteiger charge is -2.12. The molecule has 0 aliphatic rings. The first kappa shape index (κ1) is 10.2. The van der Waals surface area contributed by atoms with Gasteiger partial charge >= 0.3 is 6.16 Å². The maximum Gasteiger partial charge on any atom is 0.508 e. The van der Waals surface area contributed by atoms with Crippen LogP contribution in [0.4, 0.5) is 4.79 Å². The van der Waals surface area contributed by atoms with Gasteiger partial charge in [-0.05, 0) is 13.8 Å². The number of hydrogen-bond acceptors (Lipinski definition) is 4. The van der Waals surface area contributed by atoms with Gasteiger partial charge in [0.1, 0.15) is 6.10 Å². The Bertz CT molecular complexity index is 122. The lowest BCUT2D eigenvalue weighted by molar-refractivity contribution is 0.0244. The number of aliphatic hydroxyl groups excluding tert-OH is 1. The average Bonchev–Trinajstić information content (AvgIpc) is 1.85. The van der Waals surface area contributed by atoms with Crippen molar-refractivity contribution in [1.29, 1.82) is 0 Å². The van der Waals surface area contributed by atoms with E-state index >= 15 is 0 Å². The molecule has 66 valence electrons. The van der Waals surface area contributed by atoms with Gasteiger partial charge < -0.3 is 14.6 Å². The molecular formula is C7H14O4. The third-order valence-corrected chi connectivity index (χ3v) is 1.14. The molecule has 1 N–H and O–H groups in total. The number of aliphatic hydroxyl groups is 1. The highest BCUT2D eigenvalue weighted by molar-refractivity contribution is 5.59. The van der Waals surface area contributed by atoms with E-state index in [1.165, 1.54) is 7.11 Å². The van der Waals surface area contributed by atoms with Gasteiger partial charge in [0.15, 0.2) is 0 Å². The van der Waals surface area contributed by atoms with Gasteiger partial charge in [0.25, 0.3) is 0 Å². The van der Waals surface area contributed by atoms with Crippen molar-refractivity contribution < 1.29 is 19.4 Å². The summed E-state index contributed by atoms with van der Waals surface area (Å²) in [4.78, 5) is 10.5. The van der Waals surface area contributed by atoms with E-state index in [1.54, 1.807) is 13.8 Å². The number of rotatable bonds is 3. The fourth-order valence-corrected chi connectivity index (χ4v) is 0.741. The average molecular weight is 162 g/mol. The van der Waals surface area contributed by atoms with E-state index in [0.717, 1.165) is 0 Å². The third-order valence-electron chi connectivity index (χ3n) is 1.14. The fourth-order valence-electron chi connectivity index (χ4n) is 0.741. The van der Waals surface area contributed by atoms with E-state index in [1.807, 2.05) is 0 Å². The highest BCUT2D eigenvalue weighted by Crippen LogP contribution is 2.02. The Morgan fingerprint density at radius 3 is 2.45 bits per heavy atom. The quantitative estimate of drug-likeness (QED) is 0.627.